The van der Waals surface area contributed by atoms with Crippen LogP contribution in [0.3, 0.4) is 0 Å². The van der Waals surface area contributed by atoms with Crippen molar-refractivity contribution in [2.75, 3.05) is 0 Å². The van der Waals surface area contributed by atoms with Crippen molar-refractivity contribution < 1.29 is 4.79 Å². The molecule has 0 radical (unpaired) electrons. The van der Waals surface area contributed by atoms with Gasteiger partial charge in [0.1, 0.15) is 5.69 Å². The lowest BCUT2D eigenvalue weighted by atomic mass is 10.2. The molecule has 0 fully saturated rings. The van der Waals surface area contributed by atoms with Gasteiger partial charge in [0.25, 0.3) is 5.91 Å². The second-order valence-electron chi connectivity index (χ2n) is 6.56. The van der Waals surface area contributed by atoms with Gasteiger partial charge in [-0.25, -0.2) is 9.50 Å². The zero-order valence-corrected chi connectivity index (χ0v) is 18.0. The number of carbonyl (C=O) groups excluding carboxylic acids is 1. The molecule has 4 aromatic heterocycles. The fourth-order valence-corrected chi connectivity index (χ4v) is 3.68. The smallest absolute Gasteiger partial charge is 0.272 e. The Morgan fingerprint density at radius 3 is 2.76 bits per heavy atom. The highest BCUT2D eigenvalue weighted by atomic mass is 79.9. The molecule has 10 heteroatoms. The Balaban J connectivity index is 1.61. The molecule has 4 heterocycles. The summed E-state index contributed by atoms with van der Waals surface area (Å²) in [4.78, 5) is 17.0. The van der Waals surface area contributed by atoms with Crippen LogP contribution in [0.2, 0.25) is 0 Å². The van der Waals surface area contributed by atoms with Crippen molar-refractivity contribution in [3.05, 3.63) is 52.1 Å². The third kappa shape index (κ3) is 3.55. The molecule has 0 unspecified atom stereocenters. The van der Waals surface area contributed by atoms with Crippen molar-refractivity contribution in [1.82, 2.24) is 39.5 Å². The lowest BCUT2D eigenvalue weighted by Gasteiger charge is -2.04. The second-order valence-corrected chi connectivity index (χ2v) is 7.42. The highest BCUT2D eigenvalue weighted by molar-refractivity contribution is 9.10. The molecule has 4 rings (SSSR count). The van der Waals surface area contributed by atoms with Gasteiger partial charge in [0, 0.05) is 49.4 Å². The van der Waals surface area contributed by atoms with E-state index in [2.05, 4.69) is 41.5 Å². The number of fused-ring (bicyclic) bond motifs is 1. The summed E-state index contributed by atoms with van der Waals surface area (Å²) in [5, 5.41) is 16.3. The lowest BCUT2D eigenvalue weighted by molar-refractivity contribution is 0.0945. The van der Waals surface area contributed by atoms with Crippen LogP contribution in [-0.4, -0.2) is 40.1 Å². The van der Waals surface area contributed by atoms with E-state index in [9.17, 15) is 4.79 Å². The normalized spacial score (nSPS) is 11.3. The second kappa shape index (κ2) is 7.78. The molecule has 0 aliphatic heterocycles. The summed E-state index contributed by atoms with van der Waals surface area (Å²) in [5.74, 6) is -0.261. The third-order valence-corrected chi connectivity index (χ3v) is 5.40. The number of halogens is 1. The van der Waals surface area contributed by atoms with Gasteiger partial charge in [-0.05, 0) is 42.8 Å². The fraction of sp³-hybridized carbons (Fsp3) is 0.316. The highest BCUT2D eigenvalue weighted by Crippen LogP contribution is 2.26. The standard InChI is InChI=1S/C19H21BrN8O/c1-4-26-11-14(20)18(25-26)16-6-7-21-17-8-15(24-28(16)17)19(29)22-9-13-10-23-27(5-2)12(13)3/h6-8,10-11H,4-5,9H2,1-3H3,(H,22,29). The minimum absolute atomic E-state index is 0.261. The number of hydrogen-bond acceptors (Lipinski definition) is 5. The van der Waals surface area contributed by atoms with E-state index in [-0.39, 0.29) is 5.91 Å². The maximum atomic E-state index is 12.7. The van der Waals surface area contributed by atoms with Gasteiger partial charge in [-0.2, -0.15) is 15.3 Å². The van der Waals surface area contributed by atoms with Crippen LogP contribution >= 0.6 is 15.9 Å². The van der Waals surface area contributed by atoms with Gasteiger partial charge in [-0.3, -0.25) is 14.2 Å². The van der Waals surface area contributed by atoms with Crippen LogP contribution < -0.4 is 5.32 Å². The summed E-state index contributed by atoms with van der Waals surface area (Å²) in [6, 6.07) is 3.50. The molecule has 1 amide bonds. The molecule has 0 saturated carbocycles. The van der Waals surface area contributed by atoms with Gasteiger partial charge in [0.2, 0.25) is 0 Å². The maximum Gasteiger partial charge on any atom is 0.272 e. The first kappa shape index (κ1) is 19.3. The van der Waals surface area contributed by atoms with Gasteiger partial charge >= 0.3 is 0 Å². The molecule has 0 bridgehead atoms. The van der Waals surface area contributed by atoms with Crippen molar-refractivity contribution in [3.8, 4) is 11.4 Å². The number of aryl methyl sites for hydroxylation is 2. The molecule has 0 spiro atoms. The number of rotatable bonds is 6. The molecule has 0 atom stereocenters. The molecule has 4 aromatic rings. The van der Waals surface area contributed by atoms with E-state index >= 15 is 0 Å². The zero-order chi connectivity index (χ0) is 20.5. The Bertz CT molecular complexity index is 1190. The summed E-state index contributed by atoms with van der Waals surface area (Å²) >= 11 is 3.55. The van der Waals surface area contributed by atoms with E-state index in [1.807, 2.05) is 42.4 Å². The van der Waals surface area contributed by atoms with E-state index in [1.54, 1.807) is 23.0 Å². The van der Waals surface area contributed by atoms with Crippen molar-refractivity contribution in [1.29, 1.82) is 0 Å². The van der Waals surface area contributed by atoms with Crippen molar-refractivity contribution in [3.63, 3.8) is 0 Å². The maximum absolute atomic E-state index is 12.7. The van der Waals surface area contributed by atoms with Crippen molar-refractivity contribution in [2.45, 2.75) is 40.4 Å². The first-order valence-electron chi connectivity index (χ1n) is 9.39. The predicted octanol–water partition coefficient (Wildman–Crippen LogP) is 2.83. The number of nitrogens with one attached hydrogen (secondary N) is 1. The Morgan fingerprint density at radius 2 is 2.07 bits per heavy atom. The molecule has 29 heavy (non-hydrogen) atoms. The molecule has 0 aliphatic carbocycles. The van der Waals surface area contributed by atoms with Crippen molar-refractivity contribution >= 4 is 27.5 Å². The number of aromatic nitrogens is 7. The van der Waals surface area contributed by atoms with E-state index in [4.69, 9.17) is 0 Å². The molecular weight excluding hydrogens is 436 g/mol. The largest absolute Gasteiger partial charge is 0.346 e. The lowest BCUT2D eigenvalue weighted by Crippen LogP contribution is -2.23. The average Bonchev–Trinajstić information content (AvgIpc) is 3.42. The monoisotopic (exact) mass is 456 g/mol. The Kier molecular flexibility index (Phi) is 5.18. The number of hydrogen-bond donors (Lipinski definition) is 1. The van der Waals surface area contributed by atoms with Crippen LogP contribution in [0.15, 0.2) is 35.2 Å². The fourth-order valence-electron chi connectivity index (χ4n) is 3.16. The summed E-state index contributed by atoms with van der Waals surface area (Å²) in [6.07, 6.45) is 5.38. The Labute approximate surface area is 175 Å². The predicted molar refractivity (Wildman–Crippen MR) is 111 cm³/mol. The van der Waals surface area contributed by atoms with Crippen LogP contribution in [0.1, 0.15) is 35.6 Å². The van der Waals surface area contributed by atoms with E-state index < -0.39 is 0 Å². The quantitative estimate of drug-likeness (QED) is 0.481. The number of carbonyl (C=O) groups is 1. The van der Waals surface area contributed by atoms with Gasteiger partial charge in [0.15, 0.2) is 11.3 Å². The van der Waals surface area contributed by atoms with Gasteiger partial charge in [-0.1, -0.05) is 0 Å². The van der Waals surface area contributed by atoms with Gasteiger partial charge < -0.3 is 5.32 Å². The van der Waals surface area contributed by atoms with Crippen molar-refractivity contribution in [2.24, 2.45) is 0 Å². The molecule has 1 N–H and O–H groups in total. The van der Waals surface area contributed by atoms with E-state index in [1.165, 1.54) is 0 Å². The average molecular weight is 457 g/mol. The highest BCUT2D eigenvalue weighted by Gasteiger charge is 2.17. The molecular formula is C19H21BrN8O. The summed E-state index contributed by atoms with van der Waals surface area (Å²) in [5.41, 5.74) is 4.42. The summed E-state index contributed by atoms with van der Waals surface area (Å²) < 4.78 is 6.23. The first-order chi connectivity index (χ1) is 14.0. The third-order valence-electron chi connectivity index (χ3n) is 4.82. The van der Waals surface area contributed by atoms with Crippen LogP contribution in [-0.2, 0) is 19.6 Å². The number of amides is 1. The zero-order valence-electron chi connectivity index (χ0n) is 16.4. The van der Waals surface area contributed by atoms with Crippen LogP contribution in [0.4, 0.5) is 0 Å². The minimum Gasteiger partial charge on any atom is -0.346 e. The summed E-state index contributed by atoms with van der Waals surface area (Å²) in [6.45, 7) is 7.99. The van der Waals surface area contributed by atoms with Gasteiger partial charge in [-0.15, -0.1) is 0 Å². The molecule has 0 saturated heterocycles. The first-order valence-corrected chi connectivity index (χ1v) is 10.2. The topological polar surface area (TPSA) is 94.9 Å². The Hall–Kier alpha value is -3.01. The number of nitrogens with zero attached hydrogens (tertiary/aromatic N) is 7. The van der Waals surface area contributed by atoms with Crippen LogP contribution in [0.25, 0.3) is 17.0 Å². The van der Waals surface area contributed by atoms with E-state index in [0.29, 0.717) is 17.9 Å². The molecule has 0 aromatic carbocycles. The Morgan fingerprint density at radius 1 is 1.24 bits per heavy atom. The minimum atomic E-state index is -0.261. The molecule has 150 valence electrons. The SMILES string of the molecule is CCn1cc(Br)c(-c2ccnc3cc(C(=O)NCc4cnn(CC)c4C)nn23)n1. The summed E-state index contributed by atoms with van der Waals surface area (Å²) in [7, 11) is 0. The molecule has 0 aliphatic rings. The molecule has 9 nitrogen and oxygen atoms in total. The van der Waals surface area contributed by atoms with Crippen LogP contribution in [0.5, 0.6) is 0 Å². The van der Waals surface area contributed by atoms with Gasteiger partial charge in [0.05, 0.1) is 16.4 Å². The van der Waals surface area contributed by atoms with E-state index in [0.717, 1.165) is 40.2 Å². The van der Waals surface area contributed by atoms with Crippen LogP contribution in [0, 0.1) is 6.92 Å².